The van der Waals surface area contributed by atoms with Crippen molar-refractivity contribution in [2.45, 2.75) is 6.54 Å². The normalized spacial score (nSPS) is 10.4. The van der Waals surface area contributed by atoms with Crippen molar-refractivity contribution in [3.63, 3.8) is 0 Å². The Bertz CT molecular complexity index is 276. The van der Waals surface area contributed by atoms with E-state index in [0.29, 0.717) is 17.4 Å². The summed E-state index contributed by atoms with van der Waals surface area (Å²) in [7, 11) is 0. The Morgan fingerprint density at radius 2 is 2.00 bits per heavy atom. The first kappa shape index (κ1) is 11.1. The van der Waals surface area contributed by atoms with Crippen LogP contribution in [0.4, 0.5) is 0 Å². The minimum Gasteiger partial charge on any atom is -0.311 e. The molecule has 0 heterocycles. The molecule has 13 heavy (non-hydrogen) atoms. The number of hydrogen-bond donors (Lipinski definition) is 1. The van der Waals surface area contributed by atoms with Crippen LogP contribution in [0.25, 0.3) is 0 Å². The largest absolute Gasteiger partial charge is 0.311 e. The van der Waals surface area contributed by atoms with Gasteiger partial charge in [-0.05, 0) is 23.8 Å². The van der Waals surface area contributed by atoms with E-state index in [2.05, 4.69) is 5.32 Å². The Balaban J connectivity index is 2.59. The van der Waals surface area contributed by atoms with Gasteiger partial charge in [-0.2, -0.15) is 0 Å². The summed E-state index contributed by atoms with van der Waals surface area (Å²) in [5.41, 5.74) is 0.999. The Kier molecular flexibility index (Phi) is 4.89. The molecule has 0 spiro atoms. The lowest BCUT2D eigenvalue weighted by Gasteiger charge is -2.05. The van der Waals surface area contributed by atoms with Gasteiger partial charge < -0.3 is 5.32 Å². The van der Waals surface area contributed by atoms with Gasteiger partial charge in [-0.1, -0.05) is 23.2 Å². The second-order valence-electron chi connectivity index (χ2n) is 2.60. The van der Waals surface area contributed by atoms with Crippen molar-refractivity contribution in [2.24, 2.45) is 0 Å². The summed E-state index contributed by atoms with van der Waals surface area (Å²) in [6.45, 7) is 1.47. The van der Waals surface area contributed by atoms with Gasteiger partial charge in [0.1, 0.15) is 0 Å². The molecule has 0 aromatic heterocycles. The Morgan fingerprint density at radius 3 is 2.69 bits per heavy atom. The molecular weight excluding hydrogens is 228 g/mol. The Hall–Kier alpha value is 0.0500. The quantitative estimate of drug-likeness (QED) is 0.627. The molecule has 1 aromatic rings. The summed E-state index contributed by atoms with van der Waals surface area (Å²) < 4.78 is 0. The zero-order chi connectivity index (χ0) is 9.68. The molecular formula is C9H10Cl3N. The van der Waals surface area contributed by atoms with Crippen LogP contribution in [0.15, 0.2) is 18.2 Å². The van der Waals surface area contributed by atoms with Crippen LogP contribution in [0, 0.1) is 0 Å². The van der Waals surface area contributed by atoms with Gasteiger partial charge in [0, 0.05) is 29.0 Å². The molecule has 1 N–H and O–H groups in total. The van der Waals surface area contributed by atoms with Gasteiger partial charge in [-0.15, -0.1) is 11.6 Å². The van der Waals surface area contributed by atoms with E-state index in [4.69, 9.17) is 34.8 Å². The van der Waals surface area contributed by atoms with Crippen LogP contribution < -0.4 is 5.32 Å². The standard InChI is InChI=1S/C9H10Cl3N/c10-3-4-13-6-7-5-8(11)1-2-9(7)12/h1-2,5,13H,3-4,6H2. The third kappa shape index (κ3) is 3.74. The minimum atomic E-state index is 0.595. The summed E-state index contributed by atoms with van der Waals surface area (Å²) in [4.78, 5) is 0. The number of benzene rings is 1. The van der Waals surface area contributed by atoms with Gasteiger partial charge in [0.15, 0.2) is 0 Å². The van der Waals surface area contributed by atoms with Crippen molar-refractivity contribution >= 4 is 34.8 Å². The third-order valence-electron chi connectivity index (χ3n) is 1.59. The zero-order valence-electron chi connectivity index (χ0n) is 6.99. The van der Waals surface area contributed by atoms with Crippen molar-refractivity contribution in [1.29, 1.82) is 0 Å². The summed E-state index contributed by atoms with van der Waals surface area (Å²) in [6, 6.07) is 5.42. The predicted molar refractivity (Wildman–Crippen MR) is 58.9 cm³/mol. The number of nitrogens with one attached hydrogen (secondary N) is 1. The van der Waals surface area contributed by atoms with Gasteiger partial charge in [-0.3, -0.25) is 0 Å². The molecule has 0 atom stereocenters. The first-order chi connectivity index (χ1) is 6.24. The van der Waals surface area contributed by atoms with Crippen LogP contribution in [0.1, 0.15) is 5.56 Å². The number of alkyl halides is 1. The second kappa shape index (κ2) is 5.71. The molecule has 0 aliphatic carbocycles. The van der Waals surface area contributed by atoms with E-state index in [0.717, 1.165) is 17.1 Å². The SMILES string of the molecule is ClCCNCc1cc(Cl)ccc1Cl. The lowest BCUT2D eigenvalue weighted by molar-refractivity contribution is 0.730. The Morgan fingerprint density at radius 1 is 1.23 bits per heavy atom. The van der Waals surface area contributed by atoms with E-state index in [1.165, 1.54) is 0 Å². The summed E-state index contributed by atoms with van der Waals surface area (Å²) in [6.07, 6.45) is 0. The molecule has 0 aliphatic rings. The fourth-order valence-corrected chi connectivity index (χ4v) is 1.48. The molecule has 0 saturated heterocycles. The smallest absolute Gasteiger partial charge is 0.0451 e. The molecule has 1 nitrogen and oxygen atoms in total. The molecule has 0 aliphatic heterocycles. The molecule has 72 valence electrons. The molecule has 0 bridgehead atoms. The first-order valence-corrected chi connectivity index (χ1v) is 5.23. The van der Waals surface area contributed by atoms with E-state index >= 15 is 0 Å². The summed E-state index contributed by atoms with van der Waals surface area (Å²) in [5.74, 6) is 0.595. The average Bonchev–Trinajstić information content (AvgIpc) is 2.11. The lowest BCUT2D eigenvalue weighted by atomic mass is 10.2. The fourth-order valence-electron chi connectivity index (χ4n) is 0.969. The average molecular weight is 239 g/mol. The maximum atomic E-state index is 5.94. The second-order valence-corrected chi connectivity index (χ2v) is 3.82. The molecule has 0 radical (unpaired) electrons. The van der Waals surface area contributed by atoms with Crippen molar-refractivity contribution in [2.75, 3.05) is 12.4 Å². The van der Waals surface area contributed by atoms with E-state index in [9.17, 15) is 0 Å². The highest BCUT2D eigenvalue weighted by molar-refractivity contribution is 6.33. The van der Waals surface area contributed by atoms with Crippen molar-refractivity contribution in [1.82, 2.24) is 5.32 Å². The van der Waals surface area contributed by atoms with Gasteiger partial charge >= 0.3 is 0 Å². The van der Waals surface area contributed by atoms with Gasteiger partial charge in [0.25, 0.3) is 0 Å². The van der Waals surface area contributed by atoms with E-state index in [1.54, 1.807) is 12.1 Å². The van der Waals surface area contributed by atoms with Crippen molar-refractivity contribution in [3.8, 4) is 0 Å². The van der Waals surface area contributed by atoms with Crippen molar-refractivity contribution in [3.05, 3.63) is 33.8 Å². The molecule has 1 aromatic carbocycles. The molecule has 0 unspecified atom stereocenters. The van der Waals surface area contributed by atoms with Crippen LogP contribution in [-0.4, -0.2) is 12.4 Å². The van der Waals surface area contributed by atoms with E-state index in [1.807, 2.05) is 6.07 Å². The topological polar surface area (TPSA) is 12.0 Å². The third-order valence-corrected chi connectivity index (χ3v) is 2.39. The van der Waals surface area contributed by atoms with Crippen LogP contribution >= 0.6 is 34.8 Å². The first-order valence-electron chi connectivity index (χ1n) is 3.94. The number of rotatable bonds is 4. The molecule has 1 rings (SSSR count). The number of hydrogen-bond acceptors (Lipinski definition) is 1. The minimum absolute atomic E-state index is 0.595. The highest BCUT2D eigenvalue weighted by atomic mass is 35.5. The fraction of sp³-hybridized carbons (Fsp3) is 0.333. The van der Waals surface area contributed by atoms with Gasteiger partial charge in [-0.25, -0.2) is 0 Å². The molecule has 0 fully saturated rings. The van der Waals surface area contributed by atoms with Crippen LogP contribution in [-0.2, 0) is 6.54 Å². The maximum Gasteiger partial charge on any atom is 0.0451 e. The van der Waals surface area contributed by atoms with Crippen LogP contribution in [0.2, 0.25) is 10.0 Å². The Labute approximate surface area is 93.0 Å². The van der Waals surface area contributed by atoms with E-state index in [-0.39, 0.29) is 0 Å². The van der Waals surface area contributed by atoms with Crippen LogP contribution in [0.3, 0.4) is 0 Å². The lowest BCUT2D eigenvalue weighted by Crippen LogP contribution is -2.15. The molecule has 0 saturated carbocycles. The monoisotopic (exact) mass is 237 g/mol. The number of halogens is 3. The van der Waals surface area contributed by atoms with Crippen LogP contribution in [0.5, 0.6) is 0 Å². The summed E-state index contributed by atoms with van der Waals surface area (Å²) >= 11 is 17.3. The van der Waals surface area contributed by atoms with Gasteiger partial charge in [0.05, 0.1) is 0 Å². The zero-order valence-corrected chi connectivity index (χ0v) is 9.26. The molecule has 0 amide bonds. The van der Waals surface area contributed by atoms with Crippen molar-refractivity contribution < 1.29 is 0 Å². The predicted octanol–water partition coefficient (Wildman–Crippen LogP) is 3.32. The maximum absolute atomic E-state index is 5.94. The summed E-state index contributed by atoms with van der Waals surface area (Å²) in [5, 5.41) is 4.57. The molecule has 4 heteroatoms. The van der Waals surface area contributed by atoms with E-state index < -0.39 is 0 Å². The highest BCUT2D eigenvalue weighted by Crippen LogP contribution is 2.20. The van der Waals surface area contributed by atoms with Gasteiger partial charge in [0.2, 0.25) is 0 Å². The highest BCUT2D eigenvalue weighted by Gasteiger charge is 1.99.